The molecule has 2 aromatic carbocycles. The minimum atomic E-state index is -0.508. The van der Waals surface area contributed by atoms with Gasteiger partial charge in [0, 0.05) is 6.61 Å². The summed E-state index contributed by atoms with van der Waals surface area (Å²) < 4.78 is 35.5. The van der Waals surface area contributed by atoms with Gasteiger partial charge in [0.2, 0.25) is 11.8 Å². The molecule has 0 unspecified atom stereocenters. The molecule has 4 aromatic rings. The summed E-state index contributed by atoms with van der Waals surface area (Å²) in [6, 6.07) is 11.0. The summed E-state index contributed by atoms with van der Waals surface area (Å²) in [5.41, 5.74) is 1.52. The van der Waals surface area contributed by atoms with Crippen molar-refractivity contribution >= 4 is 0 Å². The normalized spacial score (nSPS) is 11.0. The highest BCUT2D eigenvalue weighted by Gasteiger charge is 2.29. The third-order valence-corrected chi connectivity index (χ3v) is 5.30. The van der Waals surface area contributed by atoms with Crippen molar-refractivity contribution in [2.75, 3.05) is 20.8 Å². The minimum Gasteiger partial charge on any atom is -0.506 e. The Labute approximate surface area is 200 Å². The molecule has 0 atom stereocenters. The summed E-state index contributed by atoms with van der Waals surface area (Å²) in [5, 5.41) is 30.1. The third-order valence-electron chi connectivity index (χ3n) is 5.30. The molecule has 0 aliphatic rings. The summed E-state index contributed by atoms with van der Waals surface area (Å²) >= 11 is 0. The Balaban J connectivity index is 1.85. The quantitative estimate of drug-likeness (QED) is 0.356. The van der Waals surface area contributed by atoms with Gasteiger partial charge in [0.25, 0.3) is 5.89 Å². The number of rotatable bonds is 9. The van der Waals surface area contributed by atoms with Gasteiger partial charge < -0.3 is 28.8 Å². The fraction of sp³-hybridized carbons (Fsp3) is 0.240. The Kier molecular flexibility index (Phi) is 7.11. The van der Waals surface area contributed by atoms with Crippen LogP contribution in [0.2, 0.25) is 0 Å². The van der Waals surface area contributed by atoms with Gasteiger partial charge in [-0.3, -0.25) is 0 Å². The number of nitrogens with zero attached hydrogens (tertiary/aromatic N) is 3. The SMILES string of the molecule is CCOCc1nc(O)c(-c2nnc(Cc3ccc(F)cc3)o2)c(O)c1-c1c(OC)cccc1OC. The average molecular weight is 481 g/mol. The molecular formula is C25H24FN3O6. The Morgan fingerprint density at radius 2 is 1.60 bits per heavy atom. The number of hydrogen-bond acceptors (Lipinski definition) is 9. The van der Waals surface area contributed by atoms with Crippen LogP contribution in [0, 0.1) is 5.82 Å². The summed E-state index contributed by atoms with van der Waals surface area (Å²) in [5.74, 6) is -0.314. The number of benzene rings is 2. The molecule has 0 fully saturated rings. The molecule has 0 saturated heterocycles. The van der Waals surface area contributed by atoms with Crippen molar-refractivity contribution in [2.24, 2.45) is 0 Å². The first-order valence-electron chi connectivity index (χ1n) is 10.8. The number of methoxy groups -OCH3 is 2. The zero-order valence-corrected chi connectivity index (χ0v) is 19.4. The second-order valence-corrected chi connectivity index (χ2v) is 7.46. The van der Waals surface area contributed by atoms with Gasteiger partial charge in [0.15, 0.2) is 0 Å². The summed E-state index contributed by atoms with van der Waals surface area (Å²) in [6.07, 6.45) is 0.234. The Morgan fingerprint density at radius 1 is 0.914 bits per heavy atom. The number of aromatic hydroxyl groups is 2. The topological polar surface area (TPSA) is 120 Å². The van der Waals surface area contributed by atoms with Crippen molar-refractivity contribution < 1.29 is 33.2 Å². The molecule has 0 radical (unpaired) electrons. The lowest BCUT2D eigenvalue weighted by atomic mass is 9.98. The van der Waals surface area contributed by atoms with Crippen molar-refractivity contribution in [2.45, 2.75) is 20.0 Å². The fourth-order valence-corrected chi connectivity index (χ4v) is 3.67. The average Bonchev–Trinajstić information content (AvgIpc) is 3.31. The molecule has 2 heterocycles. The molecule has 182 valence electrons. The summed E-state index contributed by atoms with van der Waals surface area (Å²) in [7, 11) is 2.98. The molecule has 0 amide bonds. The van der Waals surface area contributed by atoms with Crippen LogP contribution in [-0.4, -0.2) is 46.2 Å². The number of ether oxygens (including phenoxy) is 3. The molecule has 2 N–H and O–H groups in total. The standard InChI is InChI=1S/C25H24FN3O6/c1-4-34-13-16-20(21-17(32-2)6-5-7-18(21)33-3)23(30)22(24(31)27-16)25-29-28-19(35-25)12-14-8-10-15(26)11-9-14/h5-11H,4,12-13H2,1-3H3,(H2,27,30,31). The predicted molar refractivity (Wildman–Crippen MR) is 124 cm³/mol. The molecule has 0 aliphatic heterocycles. The highest BCUT2D eigenvalue weighted by molar-refractivity contribution is 5.88. The van der Waals surface area contributed by atoms with Gasteiger partial charge in [-0.15, -0.1) is 10.2 Å². The van der Waals surface area contributed by atoms with Crippen LogP contribution >= 0.6 is 0 Å². The first-order valence-corrected chi connectivity index (χ1v) is 10.8. The van der Waals surface area contributed by atoms with Gasteiger partial charge in [-0.05, 0) is 36.8 Å². The second-order valence-electron chi connectivity index (χ2n) is 7.46. The van der Waals surface area contributed by atoms with E-state index < -0.39 is 5.88 Å². The van der Waals surface area contributed by atoms with E-state index in [2.05, 4.69) is 15.2 Å². The van der Waals surface area contributed by atoms with Gasteiger partial charge in [-0.2, -0.15) is 0 Å². The van der Waals surface area contributed by atoms with E-state index in [9.17, 15) is 14.6 Å². The molecule has 2 aromatic heterocycles. The molecule has 0 saturated carbocycles. The zero-order valence-electron chi connectivity index (χ0n) is 19.4. The highest BCUT2D eigenvalue weighted by atomic mass is 19.1. The summed E-state index contributed by atoms with van der Waals surface area (Å²) in [4.78, 5) is 4.27. The van der Waals surface area contributed by atoms with E-state index in [1.165, 1.54) is 26.4 Å². The van der Waals surface area contributed by atoms with E-state index in [-0.39, 0.29) is 53.2 Å². The Bertz CT molecular complexity index is 1300. The second kappa shape index (κ2) is 10.4. The maximum absolute atomic E-state index is 13.2. The fourth-order valence-electron chi connectivity index (χ4n) is 3.67. The largest absolute Gasteiger partial charge is 0.506 e. The Hall–Kier alpha value is -4.18. The van der Waals surface area contributed by atoms with Crippen LogP contribution in [0.25, 0.3) is 22.6 Å². The van der Waals surface area contributed by atoms with E-state index in [0.29, 0.717) is 23.7 Å². The van der Waals surface area contributed by atoms with Crippen molar-refractivity contribution in [3.63, 3.8) is 0 Å². The van der Waals surface area contributed by atoms with Crippen molar-refractivity contribution in [1.82, 2.24) is 15.2 Å². The van der Waals surface area contributed by atoms with Crippen molar-refractivity contribution in [3.05, 3.63) is 65.4 Å². The lowest BCUT2D eigenvalue weighted by Crippen LogP contribution is -2.03. The van der Waals surface area contributed by atoms with Crippen LogP contribution in [-0.2, 0) is 17.8 Å². The smallest absolute Gasteiger partial charge is 0.257 e. The molecule has 0 spiro atoms. The predicted octanol–water partition coefficient (Wildman–Crippen LogP) is 4.49. The van der Waals surface area contributed by atoms with Crippen molar-refractivity contribution in [3.8, 4) is 45.7 Å². The van der Waals surface area contributed by atoms with Gasteiger partial charge >= 0.3 is 0 Å². The lowest BCUT2D eigenvalue weighted by Gasteiger charge is -2.18. The van der Waals surface area contributed by atoms with E-state index >= 15 is 0 Å². The maximum Gasteiger partial charge on any atom is 0.257 e. The van der Waals surface area contributed by atoms with E-state index in [4.69, 9.17) is 18.6 Å². The lowest BCUT2D eigenvalue weighted by molar-refractivity contribution is 0.131. The van der Waals surface area contributed by atoms with Crippen LogP contribution < -0.4 is 9.47 Å². The molecule has 4 rings (SSSR count). The van der Waals surface area contributed by atoms with Crippen LogP contribution in [0.15, 0.2) is 46.9 Å². The van der Waals surface area contributed by atoms with Crippen LogP contribution in [0.4, 0.5) is 4.39 Å². The first kappa shape index (κ1) is 24.0. The maximum atomic E-state index is 13.2. The molecular weight excluding hydrogens is 457 g/mol. The van der Waals surface area contributed by atoms with E-state index in [0.717, 1.165) is 5.56 Å². The number of halogens is 1. The monoisotopic (exact) mass is 481 g/mol. The number of hydrogen-bond donors (Lipinski definition) is 2. The first-order chi connectivity index (χ1) is 17.0. The van der Waals surface area contributed by atoms with Crippen LogP contribution in [0.5, 0.6) is 23.1 Å². The van der Waals surface area contributed by atoms with Crippen LogP contribution in [0.3, 0.4) is 0 Å². The Morgan fingerprint density at radius 3 is 2.23 bits per heavy atom. The molecule has 0 aliphatic carbocycles. The molecule has 9 nitrogen and oxygen atoms in total. The highest BCUT2D eigenvalue weighted by Crippen LogP contribution is 2.49. The van der Waals surface area contributed by atoms with E-state index in [1.54, 1.807) is 30.3 Å². The van der Waals surface area contributed by atoms with Crippen LogP contribution in [0.1, 0.15) is 24.1 Å². The third kappa shape index (κ3) is 4.87. The number of pyridine rings is 1. The van der Waals surface area contributed by atoms with Gasteiger partial charge in [0.1, 0.15) is 28.6 Å². The summed E-state index contributed by atoms with van der Waals surface area (Å²) in [6.45, 7) is 2.22. The zero-order chi connectivity index (χ0) is 24.9. The van der Waals surface area contributed by atoms with Gasteiger partial charge in [-0.1, -0.05) is 18.2 Å². The van der Waals surface area contributed by atoms with E-state index in [1.807, 2.05) is 6.92 Å². The molecule has 10 heteroatoms. The molecule has 0 bridgehead atoms. The minimum absolute atomic E-state index is 0.00802. The molecule has 35 heavy (non-hydrogen) atoms. The van der Waals surface area contributed by atoms with Crippen molar-refractivity contribution in [1.29, 1.82) is 0 Å². The van der Waals surface area contributed by atoms with Gasteiger partial charge in [0.05, 0.1) is 44.1 Å². The number of aromatic nitrogens is 3. The van der Waals surface area contributed by atoms with Gasteiger partial charge in [-0.25, -0.2) is 9.37 Å².